The van der Waals surface area contributed by atoms with E-state index in [4.69, 9.17) is 16.3 Å². The molecule has 29 heavy (non-hydrogen) atoms. The number of hydrogen-bond donors (Lipinski definition) is 3. The van der Waals surface area contributed by atoms with Crippen LogP contribution in [0.15, 0.2) is 18.5 Å². The van der Waals surface area contributed by atoms with E-state index in [-0.39, 0.29) is 12.1 Å². The fourth-order valence-corrected chi connectivity index (χ4v) is 4.52. The molecule has 2 heterocycles. The Balaban J connectivity index is 1.40. The molecule has 4 rings (SSSR count). The van der Waals surface area contributed by atoms with Crippen LogP contribution in [0.3, 0.4) is 0 Å². The Morgan fingerprint density at radius 3 is 2.86 bits per heavy atom. The van der Waals surface area contributed by atoms with Crippen molar-refractivity contribution in [3.05, 3.63) is 29.0 Å². The van der Waals surface area contributed by atoms with Crippen LogP contribution in [0.4, 0.5) is 0 Å². The van der Waals surface area contributed by atoms with Crippen LogP contribution >= 0.6 is 11.6 Å². The fraction of sp³-hybridized carbons (Fsp3) is 0.579. The molecule has 2 aromatic rings. The van der Waals surface area contributed by atoms with Gasteiger partial charge in [-0.25, -0.2) is 5.43 Å². The van der Waals surface area contributed by atoms with Crippen molar-refractivity contribution in [3.8, 4) is 11.4 Å². The van der Waals surface area contributed by atoms with Crippen LogP contribution < -0.4 is 20.9 Å². The molecular formula is C19H26ClN7O2. The second kappa shape index (κ2) is 9.06. The average molecular weight is 420 g/mol. The summed E-state index contributed by atoms with van der Waals surface area (Å²) in [6.45, 7) is 0. The molecule has 1 amide bonds. The Bertz CT molecular complexity index is 839. The molecule has 1 aromatic carbocycles. The molecule has 2 fully saturated rings. The average Bonchev–Trinajstić information content (AvgIpc) is 3.41. The van der Waals surface area contributed by atoms with Crippen molar-refractivity contribution in [2.75, 3.05) is 7.11 Å². The van der Waals surface area contributed by atoms with Crippen LogP contribution in [-0.4, -0.2) is 45.4 Å². The zero-order chi connectivity index (χ0) is 20.2. The standard InChI is InChI=1S/C19H26ClN7O2/c1-29-17-10-16(27-11-21-25-26-27)15(20)9-14(17)19(28)22-18-8-13(23-24-18)7-12-5-3-2-4-6-12/h9-13,18,23-24H,2-8H2,1H3,(H,22,28). The lowest BCUT2D eigenvalue weighted by Crippen LogP contribution is -2.44. The van der Waals surface area contributed by atoms with Crippen LogP contribution in [-0.2, 0) is 0 Å². The van der Waals surface area contributed by atoms with Gasteiger partial charge in [-0.1, -0.05) is 43.7 Å². The van der Waals surface area contributed by atoms with E-state index in [1.54, 1.807) is 12.1 Å². The van der Waals surface area contributed by atoms with E-state index in [0.717, 1.165) is 18.8 Å². The van der Waals surface area contributed by atoms with Gasteiger partial charge in [0.1, 0.15) is 12.1 Å². The van der Waals surface area contributed by atoms with E-state index in [9.17, 15) is 4.79 Å². The van der Waals surface area contributed by atoms with Gasteiger partial charge in [0, 0.05) is 12.1 Å². The number of tetrazole rings is 1. The highest BCUT2D eigenvalue weighted by Crippen LogP contribution is 2.30. The van der Waals surface area contributed by atoms with Crippen LogP contribution in [0.2, 0.25) is 5.02 Å². The quantitative estimate of drug-likeness (QED) is 0.659. The van der Waals surface area contributed by atoms with Crippen LogP contribution in [0.5, 0.6) is 5.75 Å². The Kier molecular flexibility index (Phi) is 6.27. The van der Waals surface area contributed by atoms with Crippen molar-refractivity contribution >= 4 is 17.5 Å². The lowest BCUT2D eigenvalue weighted by atomic mass is 9.84. The lowest BCUT2D eigenvalue weighted by molar-refractivity contribution is 0.0929. The van der Waals surface area contributed by atoms with Crippen molar-refractivity contribution in [1.29, 1.82) is 0 Å². The highest BCUT2D eigenvalue weighted by Gasteiger charge is 2.29. The van der Waals surface area contributed by atoms with E-state index >= 15 is 0 Å². The van der Waals surface area contributed by atoms with Gasteiger partial charge in [-0.15, -0.1) is 5.10 Å². The number of nitrogens with one attached hydrogen (secondary N) is 3. The molecule has 1 saturated carbocycles. The second-order valence-electron chi connectivity index (χ2n) is 7.75. The minimum Gasteiger partial charge on any atom is -0.496 e. The van der Waals surface area contributed by atoms with Gasteiger partial charge in [-0.05, 0) is 35.3 Å². The normalized spacial score (nSPS) is 22.6. The smallest absolute Gasteiger partial charge is 0.256 e. The number of rotatable bonds is 6. The largest absolute Gasteiger partial charge is 0.496 e. The maximum atomic E-state index is 12.9. The van der Waals surface area contributed by atoms with Gasteiger partial charge >= 0.3 is 0 Å². The highest BCUT2D eigenvalue weighted by atomic mass is 35.5. The number of hydrogen-bond acceptors (Lipinski definition) is 7. The van der Waals surface area contributed by atoms with E-state index < -0.39 is 0 Å². The van der Waals surface area contributed by atoms with Crippen molar-refractivity contribution in [2.45, 2.75) is 57.2 Å². The van der Waals surface area contributed by atoms with Crippen molar-refractivity contribution in [3.63, 3.8) is 0 Å². The van der Waals surface area contributed by atoms with Crippen LogP contribution in [0.1, 0.15) is 55.3 Å². The van der Waals surface area contributed by atoms with Gasteiger partial charge in [0.25, 0.3) is 5.91 Å². The molecule has 10 heteroatoms. The molecule has 2 atom stereocenters. The number of benzene rings is 1. The maximum absolute atomic E-state index is 12.9. The molecule has 0 bridgehead atoms. The zero-order valence-corrected chi connectivity index (χ0v) is 17.2. The second-order valence-corrected chi connectivity index (χ2v) is 8.15. The molecule has 9 nitrogen and oxygen atoms in total. The van der Waals surface area contributed by atoms with Gasteiger partial charge in [-0.3, -0.25) is 10.2 Å². The number of hydrazine groups is 1. The summed E-state index contributed by atoms with van der Waals surface area (Å²) in [6, 6.07) is 3.60. The SMILES string of the molecule is COc1cc(-n2cnnn2)c(Cl)cc1C(=O)NC1CC(CC2CCCCC2)NN1. The molecule has 2 aliphatic rings. The third kappa shape index (κ3) is 4.68. The first-order valence-electron chi connectivity index (χ1n) is 10.1. The summed E-state index contributed by atoms with van der Waals surface area (Å²) in [4.78, 5) is 12.9. The lowest BCUT2D eigenvalue weighted by Gasteiger charge is -2.24. The number of halogens is 1. The molecule has 2 unspecified atom stereocenters. The predicted octanol–water partition coefficient (Wildman–Crippen LogP) is 2.22. The summed E-state index contributed by atoms with van der Waals surface area (Å²) in [5.74, 6) is 0.946. The minimum atomic E-state index is -0.246. The molecule has 1 aliphatic carbocycles. The predicted molar refractivity (Wildman–Crippen MR) is 108 cm³/mol. The van der Waals surface area contributed by atoms with Crippen LogP contribution in [0.25, 0.3) is 5.69 Å². The Morgan fingerprint density at radius 2 is 2.14 bits per heavy atom. The highest BCUT2D eigenvalue weighted by molar-refractivity contribution is 6.33. The third-order valence-electron chi connectivity index (χ3n) is 5.74. The molecule has 1 saturated heterocycles. The molecule has 0 radical (unpaired) electrons. The van der Waals surface area contributed by atoms with Crippen molar-refractivity contribution in [1.82, 2.24) is 36.4 Å². The Morgan fingerprint density at radius 1 is 1.31 bits per heavy atom. The van der Waals surface area contributed by atoms with Crippen LogP contribution in [0, 0.1) is 5.92 Å². The summed E-state index contributed by atoms with van der Waals surface area (Å²) in [5, 5.41) is 14.4. The number of nitrogens with zero attached hydrogens (tertiary/aromatic N) is 4. The monoisotopic (exact) mass is 419 g/mol. The third-order valence-corrected chi connectivity index (χ3v) is 6.04. The summed E-state index contributed by atoms with van der Waals surface area (Å²) in [5.41, 5.74) is 7.43. The number of amides is 1. The minimum absolute atomic E-state index is 0.140. The van der Waals surface area contributed by atoms with Gasteiger partial charge < -0.3 is 10.1 Å². The number of methoxy groups -OCH3 is 1. The summed E-state index contributed by atoms with van der Waals surface area (Å²) in [6.07, 6.45) is 9.97. The summed E-state index contributed by atoms with van der Waals surface area (Å²) in [7, 11) is 1.51. The van der Waals surface area contributed by atoms with Gasteiger partial charge in [-0.2, -0.15) is 4.68 Å². The topological polar surface area (TPSA) is 106 Å². The zero-order valence-electron chi connectivity index (χ0n) is 16.4. The molecule has 1 aliphatic heterocycles. The number of carbonyl (C=O) groups is 1. The Hall–Kier alpha value is -2.23. The fourth-order valence-electron chi connectivity index (χ4n) is 4.27. The number of aromatic nitrogens is 4. The first-order valence-corrected chi connectivity index (χ1v) is 10.4. The first-order chi connectivity index (χ1) is 14.1. The molecule has 1 aromatic heterocycles. The maximum Gasteiger partial charge on any atom is 0.256 e. The molecule has 3 N–H and O–H groups in total. The first kappa shape index (κ1) is 20.1. The molecule has 0 spiro atoms. The van der Waals surface area contributed by atoms with Gasteiger partial charge in [0.15, 0.2) is 0 Å². The van der Waals surface area contributed by atoms with E-state index in [1.807, 2.05) is 0 Å². The van der Waals surface area contributed by atoms with E-state index in [1.165, 1.54) is 50.2 Å². The summed E-state index contributed by atoms with van der Waals surface area (Å²) < 4.78 is 6.83. The van der Waals surface area contributed by atoms with E-state index in [2.05, 4.69) is 31.7 Å². The van der Waals surface area contributed by atoms with E-state index in [0.29, 0.717) is 28.1 Å². The van der Waals surface area contributed by atoms with Crippen molar-refractivity contribution in [2.24, 2.45) is 5.92 Å². The number of carbonyl (C=O) groups excluding carboxylic acids is 1. The van der Waals surface area contributed by atoms with Gasteiger partial charge in [0.2, 0.25) is 0 Å². The molecular weight excluding hydrogens is 394 g/mol. The van der Waals surface area contributed by atoms with Crippen molar-refractivity contribution < 1.29 is 9.53 Å². The van der Waals surface area contributed by atoms with Gasteiger partial charge in [0.05, 0.1) is 29.5 Å². The summed E-state index contributed by atoms with van der Waals surface area (Å²) >= 11 is 6.36. The Labute approximate surface area is 174 Å². The number of ether oxygens (including phenoxy) is 1. The molecule has 156 valence electrons.